The quantitative estimate of drug-likeness (QED) is 0.429. The standard InChI is InChI=1S/C31H34N4O5S/c1-4-39-30(38)28-21(2)32-31-35(25(20-41-31)18-27(37)34-15-13-33(14-16-34)22(3)36)29(28)24-11-8-12-26(17-24)40-19-23-9-6-5-7-10-23/h5-12,17,20,29H,4,13-16,18-19H2,1-3H3. The lowest BCUT2D eigenvalue weighted by molar-refractivity contribution is -0.139. The highest BCUT2D eigenvalue weighted by Gasteiger charge is 2.41. The van der Waals surface area contributed by atoms with Gasteiger partial charge in [-0.2, -0.15) is 0 Å². The molecule has 5 rings (SSSR count). The fourth-order valence-electron chi connectivity index (χ4n) is 5.21. The molecular formula is C31H34N4O5S. The summed E-state index contributed by atoms with van der Waals surface area (Å²) in [5, 5.41) is 2.65. The number of benzene rings is 2. The fraction of sp³-hybridized carbons (Fsp3) is 0.355. The van der Waals surface area contributed by atoms with Gasteiger partial charge in [0.1, 0.15) is 12.4 Å². The summed E-state index contributed by atoms with van der Waals surface area (Å²) < 4.78 is 11.6. The van der Waals surface area contributed by atoms with E-state index in [9.17, 15) is 14.4 Å². The summed E-state index contributed by atoms with van der Waals surface area (Å²) in [7, 11) is 0. The molecule has 1 atom stereocenters. The second-order valence-electron chi connectivity index (χ2n) is 10.0. The van der Waals surface area contributed by atoms with Gasteiger partial charge in [-0.15, -0.1) is 0 Å². The Hall–Kier alpha value is -4.05. The molecule has 3 aliphatic rings. The highest BCUT2D eigenvalue weighted by molar-refractivity contribution is 8.16. The van der Waals surface area contributed by atoms with Gasteiger partial charge in [0.15, 0.2) is 5.17 Å². The summed E-state index contributed by atoms with van der Waals surface area (Å²) in [5.74, 6) is 0.237. The maximum atomic E-state index is 13.4. The predicted molar refractivity (Wildman–Crippen MR) is 158 cm³/mol. The van der Waals surface area contributed by atoms with Gasteiger partial charge >= 0.3 is 5.97 Å². The number of piperazine rings is 1. The van der Waals surface area contributed by atoms with Crippen molar-refractivity contribution in [3.8, 4) is 5.75 Å². The van der Waals surface area contributed by atoms with E-state index in [0.717, 1.165) is 16.8 Å². The molecule has 0 aromatic heterocycles. The van der Waals surface area contributed by atoms with Crippen LogP contribution in [-0.4, -0.2) is 70.4 Å². The second-order valence-corrected chi connectivity index (χ2v) is 10.9. The number of carbonyl (C=O) groups is 3. The van der Waals surface area contributed by atoms with E-state index in [1.165, 1.54) is 11.8 Å². The van der Waals surface area contributed by atoms with Crippen LogP contribution in [0.3, 0.4) is 0 Å². The predicted octanol–water partition coefficient (Wildman–Crippen LogP) is 4.48. The number of fused-ring (bicyclic) bond motifs is 1. The van der Waals surface area contributed by atoms with Gasteiger partial charge in [-0.3, -0.25) is 9.59 Å². The first-order valence-corrected chi connectivity index (χ1v) is 14.6. The van der Waals surface area contributed by atoms with E-state index in [1.807, 2.05) is 71.8 Å². The van der Waals surface area contributed by atoms with Crippen LogP contribution in [0.2, 0.25) is 0 Å². The summed E-state index contributed by atoms with van der Waals surface area (Å²) in [6.45, 7) is 7.84. The minimum absolute atomic E-state index is 0.0210. The lowest BCUT2D eigenvalue weighted by Gasteiger charge is -2.38. The Morgan fingerprint density at radius 2 is 1.73 bits per heavy atom. The number of hydrogen-bond donors (Lipinski definition) is 0. The third kappa shape index (κ3) is 6.32. The topological polar surface area (TPSA) is 91.8 Å². The Morgan fingerprint density at radius 3 is 2.44 bits per heavy atom. The van der Waals surface area contributed by atoms with E-state index in [4.69, 9.17) is 14.5 Å². The first kappa shape index (κ1) is 28.5. The first-order chi connectivity index (χ1) is 19.9. The third-order valence-corrected chi connectivity index (χ3v) is 8.22. The Labute approximate surface area is 244 Å². The number of carbonyl (C=O) groups excluding carboxylic acids is 3. The SMILES string of the molecule is CCOC(=O)C1=C(C)N=C2SC=C(CC(=O)N3CCN(C(C)=O)CC3)N2C1c1cccc(OCc2ccccc2)c1. The molecule has 2 aromatic rings. The molecular weight excluding hydrogens is 540 g/mol. The van der Waals surface area contributed by atoms with E-state index < -0.39 is 12.0 Å². The van der Waals surface area contributed by atoms with Crippen molar-refractivity contribution in [2.24, 2.45) is 4.99 Å². The number of hydrogen-bond acceptors (Lipinski definition) is 8. The number of esters is 1. The Kier molecular flexibility index (Phi) is 8.78. The van der Waals surface area contributed by atoms with Gasteiger partial charge in [0.05, 0.1) is 30.3 Å². The second kappa shape index (κ2) is 12.6. The zero-order chi connectivity index (χ0) is 28.9. The third-order valence-electron chi connectivity index (χ3n) is 7.33. The molecule has 0 radical (unpaired) electrons. The molecule has 0 saturated carbocycles. The number of aliphatic imine (C=N–C) groups is 1. The summed E-state index contributed by atoms with van der Waals surface area (Å²) in [6.07, 6.45) is 0.155. The first-order valence-electron chi connectivity index (χ1n) is 13.8. The van der Waals surface area contributed by atoms with Gasteiger partial charge < -0.3 is 24.2 Å². The summed E-state index contributed by atoms with van der Waals surface area (Å²) in [5.41, 5.74) is 3.68. The largest absolute Gasteiger partial charge is 0.489 e. The number of thioether (sulfide) groups is 1. The van der Waals surface area contributed by atoms with Crippen LogP contribution in [0.1, 0.15) is 44.4 Å². The van der Waals surface area contributed by atoms with Gasteiger partial charge in [0, 0.05) is 38.8 Å². The molecule has 2 aromatic carbocycles. The van der Waals surface area contributed by atoms with Crippen molar-refractivity contribution >= 4 is 34.7 Å². The van der Waals surface area contributed by atoms with E-state index in [-0.39, 0.29) is 24.8 Å². The van der Waals surface area contributed by atoms with Crippen molar-refractivity contribution in [2.45, 2.75) is 39.8 Å². The number of rotatable bonds is 8. The van der Waals surface area contributed by atoms with Gasteiger partial charge in [-0.25, -0.2) is 9.79 Å². The maximum absolute atomic E-state index is 13.4. The van der Waals surface area contributed by atoms with Crippen LogP contribution in [0.5, 0.6) is 5.75 Å². The van der Waals surface area contributed by atoms with Gasteiger partial charge in [0.25, 0.3) is 0 Å². The van der Waals surface area contributed by atoms with Crippen LogP contribution < -0.4 is 4.74 Å². The minimum Gasteiger partial charge on any atom is -0.489 e. The molecule has 3 heterocycles. The molecule has 2 amide bonds. The van der Waals surface area contributed by atoms with Crippen molar-refractivity contribution in [3.63, 3.8) is 0 Å². The molecule has 0 bridgehead atoms. The zero-order valence-electron chi connectivity index (χ0n) is 23.5. The lowest BCUT2D eigenvalue weighted by atomic mass is 9.93. The minimum atomic E-state index is -0.537. The van der Waals surface area contributed by atoms with Crippen LogP contribution in [0.25, 0.3) is 0 Å². The lowest BCUT2D eigenvalue weighted by Crippen LogP contribution is -2.50. The van der Waals surface area contributed by atoms with E-state index in [1.54, 1.807) is 23.6 Å². The average molecular weight is 575 g/mol. The highest BCUT2D eigenvalue weighted by atomic mass is 32.2. The van der Waals surface area contributed by atoms with Crippen LogP contribution >= 0.6 is 11.8 Å². The smallest absolute Gasteiger partial charge is 0.338 e. The van der Waals surface area contributed by atoms with E-state index in [0.29, 0.717) is 55.0 Å². The maximum Gasteiger partial charge on any atom is 0.338 e. The molecule has 1 fully saturated rings. The van der Waals surface area contributed by atoms with Gasteiger partial charge in [-0.05, 0) is 42.5 Å². The molecule has 41 heavy (non-hydrogen) atoms. The van der Waals surface area contributed by atoms with Crippen LogP contribution in [0.15, 0.2) is 82.0 Å². The normalized spacial score (nSPS) is 18.5. The number of ether oxygens (including phenoxy) is 2. The zero-order valence-corrected chi connectivity index (χ0v) is 24.4. The number of amidine groups is 1. The number of amides is 2. The van der Waals surface area contributed by atoms with Gasteiger partial charge in [-0.1, -0.05) is 54.2 Å². The molecule has 0 aliphatic carbocycles. The van der Waals surface area contributed by atoms with Crippen molar-refractivity contribution in [1.29, 1.82) is 0 Å². The van der Waals surface area contributed by atoms with E-state index >= 15 is 0 Å². The van der Waals surface area contributed by atoms with Crippen molar-refractivity contribution in [3.05, 3.63) is 88.1 Å². The molecule has 214 valence electrons. The van der Waals surface area contributed by atoms with Crippen molar-refractivity contribution in [2.75, 3.05) is 32.8 Å². The highest BCUT2D eigenvalue weighted by Crippen LogP contribution is 2.45. The molecule has 3 aliphatic heterocycles. The molecule has 9 nitrogen and oxygen atoms in total. The number of nitrogens with zero attached hydrogens (tertiary/aromatic N) is 4. The average Bonchev–Trinajstić information content (AvgIpc) is 3.37. The molecule has 0 spiro atoms. The molecule has 1 unspecified atom stereocenters. The number of allylic oxidation sites excluding steroid dienone is 1. The Bertz CT molecular complexity index is 1410. The van der Waals surface area contributed by atoms with Gasteiger partial charge in [0.2, 0.25) is 11.8 Å². The van der Waals surface area contributed by atoms with Crippen LogP contribution in [-0.2, 0) is 25.7 Å². The summed E-state index contributed by atoms with van der Waals surface area (Å²) in [6, 6.07) is 17.1. The summed E-state index contributed by atoms with van der Waals surface area (Å²) in [4.78, 5) is 48.7. The monoisotopic (exact) mass is 574 g/mol. The van der Waals surface area contributed by atoms with Crippen molar-refractivity contribution in [1.82, 2.24) is 14.7 Å². The Morgan fingerprint density at radius 1 is 1.00 bits per heavy atom. The van der Waals surface area contributed by atoms with E-state index in [2.05, 4.69) is 0 Å². The molecule has 1 saturated heterocycles. The molecule has 10 heteroatoms. The van der Waals surface area contributed by atoms with Crippen molar-refractivity contribution < 1.29 is 23.9 Å². The van der Waals surface area contributed by atoms with Crippen LogP contribution in [0, 0.1) is 0 Å². The molecule has 0 N–H and O–H groups in total. The Balaban J connectivity index is 1.41. The fourth-order valence-corrected chi connectivity index (χ4v) is 6.17. The van der Waals surface area contributed by atoms with Crippen LogP contribution in [0.4, 0.5) is 0 Å². The summed E-state index contributed by atoms with van der Waals surface area (Å²) >= 11 is 1.44.